The molecule has 2 rings (SSSR count). The summed E-state index contributed by atoms with van der Waals surface area (Å²) in [5, 5.41) is 7.98. The number of nitrogens with one attached hydrogen (secondary N) is 1. The molecule has 108 valence electrons. The van der Waals surface area contributed by atoms with Crippen LogP contribution in [0.5, 0.6) is 0 Å². The molecule has 0 spiro atoms. The van der Waals surface area contributed by atoms with Crippen molar-refractivity contribution in [2.75, 3.05) is 20.1 Å². The minimum absolute atomic E-state index is 0.165. The summed E-state index contributed by atoms with van der Waals surface area (Å²) in [6.07, 6.45) is 5.73. The number of rotatable bonds is 6. The second-order valence-corrected chi connectivity index (χ2v) is 5.70. The van der Waals surface area contributed by atoms with E-state index in [1.165, 1.54) is 31.6 Å². The molecule has 0 radical (unpaired) electrons. The third-order valence-electron chi connectivity index (χ3n) is 4.80. The number of aromatic nitrogens is 2. The Morgan fingerprint density at radius 3 is 2.58 bits per heavy atom. The first kappa shape index (κ1) is 14.5. The van der Waals surface area contributed by atoms with Crippen LogP contribution in [0.25, 0.3) is 0 Å². The van der Waals surface area contributed by atoms with Gasteiger partial charge in [0.2, 0.25) is 0 Å². The summed E-state index contributed by atoms with van der Waals surface area (Å²) in [5.74, 6) is 0. The summed E-state index contributed by atoms with van der Waals surface area (Å²) < 4.78 is 2.12. The normalized spacial score (nSPS) is 21.5. The maximum atomic E-state index is 4.44. The summed E-state index contributed by atoms with van der Waals surface area (Å²) in [5.41, 5.74) is 1.47. The Hall–Kier alpha value is -0.870. The highest BCUT2D eigenvalue weighted by Crippen LogP contribution is 2.36. The van der Waals surface area contributed by atoms with Crippen molar-refractivity contribution in [3.05, 3.63) is 18.0 Å². The molecule has 2 heterocycles. The molecule has 1 aromatic rings. The molecule has 1 aliphatic heterocycles. The highest BCUT2D eigenvalue weighted by atomic mass is 15.3. The molecule has 0 amide bonds. The van der Waals surface area contributed by atoms with Gasteiger partial charge in [-0.05, 0) is 59.3 Å². The van der Waals surface area contributed by atoms with E-state index in [-0.39, 0.29) is 5.54 Å². The van der Waals surface area contributed by atoms with Crippen molar-refractivity contribution in [2.24, 2.45) is 0 Å². The molecule has 1 aromatic heterocycles. The molecule has 0 bridgehead atoms. The van der Waals surface area contributed by atoms with E-state index in [2.05, 4.69) is 53.9 Å². The van der Waals surface area contributed by atoms with Crippen molar-refractivity contribution in [1.82, 2.24) is 20.0 Å². The fourth-order valence-electron chi connectivity index (χ4n) is 3.47. The fourth-order valence-corrected chi connectivity index (χ4v) is 3.47. The number of aryl methyl sites for hydroxylation is 1. The van der Waals surface area contributed by atoms with Gasteiger partial charge in [-0.3, -0.25) is 9.58 Å². The van der Waals surface area contributed by atoms with Gasteiger partial charge in [0.05, 0.1) is 11.7 Å². The van der Waals surface area contributed by atoms with Crippen LogP contribution in [-0.4, -0.2) is 40.4 Å². The SMILES string of the molecule is CCn1nccc1C(NC)C(C)(CC)N1CCCC1. The van der Waals surface area contributed by atoms with Gasteiger partial charge in [-0.2, -0.15) is 5.10 Å². The quantitative estimate of drug-likeness (QED) is 0.856. The third-order valence-corrected chi connectivity index (χ3v) is 4.80. The van der Waals surface area contributed by atoms with Crippen LogP contribution in [0.3, 0.4) is 0 Å². The predicted octanol–water partition coefficient (Wildman–Crippen LogP) is 2.43. The van der Waals surface area contributed by atoms with Crippen molar-refractivity contribution in [3.8, 4) is 0 Å². The summed E-state index contributed by atoms with van der Waals surface area (Å²) in [7, 11) is 2.07. The molecule has 2 unspecified atom stereocenters. The molecular formula is C15H28N4. The van der Waals surface area contributed by atoms with E-state index in [1.807, 2.05) is 6.20 Å². The average Bonchev–Trinajstić information content (AvgIpc) is 3.10. The molecule has 1 fully saturated rings. The zero-order valence-corrected chi connectivity index (χ0v) is 12.8. The minimum Gasteiger partial charge on any atom is -0.310 e. The van der Waals surface area contributed by atoms with E-state index in [0.29, 0.717) is 6.04 Å². The Bertz CT molecular complexity index is 395. The van der Waals surface area contributed by atoms with E-state index < -0.39 is 0 Å². The van der Waals surface area contributed by atoms with Gasteiger partial charge in [0.15, 0.2) is 0 Å². The number of hydrogen-bond acceptors (Lipinski definition) is 3. The lowest BCUT2D eigenvalue weighted by atomic mass is 9.85. The van der Waals surface area contributed by atoms with Gasteiger partial charge in [0.25, 0.3) is 0 Å². The first-order valence-electron chi connectivity index (χ1n) is 7.61. The van der Waals surface area contributed by atoms with Crippen LogP contribution in [0.15, 0.2) is 12.3 Å². The smallest absolute Gasteiger partial charge is 0.0673 e. The van der Waals surface area contributed by atoms with Crippen molar-refractivity contribution >= 4 is 0 Å². The van der Waals surface area contributed by atoms with Crippen LogP contribution < -0.4 is 5.32 Å². The lowest BCUT2D eigenvalue weighted by molar-refractivity contribution is 0.0836. The highest BCUT2D eigenvalue weighted by molar-refractivity contribution is 5.15. The van der Waals surface area contributed by atoms with Gasteiger partial charge in [-0.25, -0.2) is 0 Å². The maximum Gasteiger partial charge on any atom is 0.0673 e. The number of likely N-dealkylation sites (tertiary alicyclic amines) is 1. The van der Waals surface area contributed by atoms with Crippen molar-refractivity contribution in [3.63, 3.8) is 0 Å². The Kier molecular flexibility index (Phi) is 4.63. The Morgan fingerprint density at radius 2 is 2.05 bits per heavy atom. The van der Waals surface area contributed by atoms with Crippen molar-refractivity contribution in [1.29, 1.82) is 0 Å². The lowest BCUT2D eigenvalue weighted by Crippen LogP contribution is -2.53. The Labute approximate surface area is 117 Å². The van der Waals surface area contributed by atoms with Gasteiger partial charge in [-0.1, -0.05) is 6.92 Å². The number of likely N-dealkylation sites (N-methyl/N-ethyl adjacent to an activating group) is 1. The van der Waals surface area contributed by atoms with E-state index in [1.54, 1.807) is 0 Å². The molecule has 4 nitrogen and oxygen atoms in total. The van der Waals surface area contributed by atoms with Crippen LogP contribution in [0.2, 0.25) is 0 Å². The predicted molar refractivity (Wildman–Crippen MR) is 79.2 cm³/mol. The van der Waals surface area contributed by atoms with Crippen molar-refractivity contribution < 1.29 is 0 Å². The first-order chi connectivity index (χ1) is 9.17. The van der Waals surface area contributed by atoms with Gasteiger partial charge in [-0.15, -0.1) is 0 Å². The zero-order valence-electron chi connectivity index (χ0n) is 12.8. The highest BCUT2D eigenvalue weighted by Gasteiger charge is 2.40. The van der Waals surface area contributed by atoms with E-state index in [9.17, 15) is 0 Å². The number of nitrogens with zero attached hydrogens (tertiary/aromatic N) is 3. The molecule has 1 aliphatic rings. The lowest BCUT2D eigenvalue weighted by Gasteiger charge is -2.44. The maximum absolute atomic E-state index is 4.44. The van der Waals surface area contributed by atoms with Crippen LogP contribution in [0, 0.1) is 0 Å². The summed E-state index contributed by atoms with van der Waals surface area (Å²) >= 11 is 0. The minimum atomic E-state index is 0.165. The molecule has 2 atom stereocenters. The van der Waals surface area contributed by atoms with Crippen LogP contribution in [-0.2, 0) is 6.54 Å². The second-order valence-electron chi connectivity index (χ2n) is 5.70. The molecule has 1 saturated heterocycles. The topological polar surface area (TPSA) is 33.1 Å². The van der Waals surface area contributed by atoms with Gasteiger partial charge in [0, 0.05) is 18.3 Å². The molecule has 1 N–H and O–H groups in total. The van der Waals surface area contributed by atoms with Gasteiger partial charge < -0.3 is 5.32 Å². The van der Waals surface area contributed by atoms with E-state index in [4.69, 9.17) is 0 Å². The summed E-state index contributed by atoms with van der Waals surface area (Å²) in [6.45, 7) is 10.2. The largest absolute Gasteiger partial charge is 0.310 e. The molecule has 0 saturated carbocycles. The Balaban J connectivity index is 2.32. The van der Waals surface area contributed by atoms with Crippen LogP contribution in [0.1, 0.15) is 51.8 Å². The monoisotopic (exact) mass is 264 g/mol. The van der Waals surface area contributed by atoms with E-state index >= 15 is 0 Å². The van der Waals surface area contributed by atoms with Crippen LogP contribution in [0.4, 0.5) is 0 Å². The number of hydrogen-bond donors (Lipinski definition) is 1. The standard InChI is InChI=1S/C15H28N4/c1-5-15(3,18-11-7-8-12-18)14(16-4)13-9-10-17-19(13)6-2/h9-10,14,16H,5-8,11-12H2,1-4H3. The molecular weight excluding hydrogens is 236 g/mol. The van der Waals surface area contributed by atoms with Gasteiger partial charge >= 0.3 is 0 Å². The molecule has 19 heavy (non-hydrogen) atoms. The molecule has 0 aliphatic carbocycles. The molecule has 0 aromatic carbocycles. The zero-order chi connectivity index (χ0) is 13.9. The second kappa shape index (κ2) is 6.06. The van der Waals surface area contributed by atoms with Crippen molar-refractivity contribution in [2.45, 2.75) is 58.2 Å². The summed E-state index contributed by atoms with van der Waals surface area (Å²) in [6, 6.07) is 2.49. The average molecular weight is 264 g/mol. The van der Waals surface area contributed by atoms with Gasteiger partial charge in [0.1, 0.15) is 0 Å². The summed E-state index contributed by atoms with van der Waals surface area (Å²) in [4.78, 5) is 2.65. The third kappa shape index (κ3) is 2.56. The fraction of sp³-hybridized carbons (Fsp3) is 0.800. The van der Waals surface area contributed by atoms with E-state index in [0.717, 1.165) is 13.0 Å². The molecule has 4 heteroatoms. The first-order valence-corrected chi connectivity index (χ1v) is 7.61. The Morgan fingerprint density at radius 1 is 1.37 bits per heavy atom. The van der Waals surface area contributed by atoms with Crippen LogP contribution >= 0.6 is 0 Å².